The molecule has 0 radical (unpaired) electrons. The Labute approximate surface area is 274 Å². The van der Waals surface area contributed by atoms with Gasteiger partial charge < -0.3 is 0 Å². The average molecular weight is 602 g/mol. The number of fused-ring (bicyclic) bond motifs is 5. The van der Waals surface area contributed by atoms with E-state index in [9.17, 15) is 0 Å². The van der Waals surface area contributed by atoms with E-state index in [-0.39, 0.29) is 5.41 Å². The van der Waals surface area contributed by atoms with Gasteiger partial charge in [0.1, 0.15) is 0 Å². The number of nitrogens with zero attached hydrogens (tertiary/aromatic N) is 3. The van der Waals surface area contributed by atoms with Gasteiger partial charge in [-0.2, -0.15) is 0 Å². The van der Waals surface area contributed by atoms with E-state index in [1.54, 1.807) is 0 Å². The van der Waals surface area contributed by atoms with E-state index in [0.717, 1.165) is 38.2 Å². The number of hydrogen-bond donors (Lipinski definition) is 0. The molecule has 0 amide bonds. The molecule has 1 aliphatic carbocycles. The Morgan fingerprint density at radius 3 is 1.47 bits per heavy atom. The van der Waals surface area contributed by atoms with Crippen molar-refractivity contribution in [1.29, 1.82) is 0 Å². The van der Waals surface area contributed by atoms with Gasteiger partial charge in [-0.1, -0.05) is 166 Å². The highest BCUT2D eigenvalue weighted by Gasteiger charge is 2.37. The maximum absolute atomic E-state index is 5.12. The van der Waals surface area contributed by atoms with Crippen molar-refractivity contribution in [3.05, 3.63) is 163 Å². The lowest BCUT2D eigenvalue weighted by atomic mass is 9.79. The predicted molar refractivity (Wildman–Crippen MR) is 194 cm³/mol. The normalized spacial score (nSPS) is 13.1. The van der Waals surface area contributed by atoms with Crippen LogP contribution in [0.25, 0.3) is 78.0 Å². The van der Waals surface area contributed by atoms with Gasteiger partial charge in [0.15, 0.2) is 17.5 Å². The Balaban J connectivity index is 1.20. The molecule has 0 N–H and O–H groups in total. The minimum absolute atomic E-state index is 0.0872. The van der Waals surface area contributed by atoms with Crippen molar-refractivity contribution in [2.24, 2.45) is 0 Å². The van der Waals surface area contributed by atoms with E-state index in [1.807, 2.05) is 0 Å². The molecule has 3 nitrogen and oxygen atoms in total. The van der Waals surface area contributed by atoms with Crippen molar-refractivity contribution in [2.75, 3.05) is 0 Å². The lowest BCUT2D eigenvalue weighted by molar-refractivity contribution is 0.662. The summed E-state index contributed by atoms with van der Waals surface area (Å²) in [5.41, 5.74) is 10.7. The van der Waals surface area contributed by atoms with Crippen LogP contribution in [-0.4, -0.2) is 15.0 Å². The van der Waals surface area contributed by atoms with Gasteiger partial charge in [-0.05, 0) is 54.9 Å². The third-order valence-electron chi connectivity index (χ3n) is 9.73. The predicted octanol–water partition coefficient (Wildman–Crippen LogP) is 11.2. The molecule has 0 spiro atoms. The van der Waals surface area contributed by atoms with Crippen molar-refractivity contribution in [2.45, 2.75) is 19.3 Å². The summed E-state index contributed by atoms with van der Waals surface area (Å²) >= 11 is 0. The number of rotatable bonds is 4. The third-order valence-corrected chi connectivity index (χ3v) is 9.73. The molecule has 0 saturated carbocycles. The molecule has 222 valence electrons. The smallest absolute Gasteiger partial charge is 0.164 e. The average Bonchev–Trinajstić information content (AvgIpc) is 3.37. The van der Waals surface area contributed by atoms with Crippen LogP contribution in [0.5, 0.6) is 0 Å². The van der Waals surface area contributed by atoms with Crippen molar-refractivity contribution in [3.63, 3.8) is 0 Å². The van der Waals surface area contributed by atoms with E-state index in [0.29, 0.717) is 17.5 Å². The second-order valence-corrected chi connectivity index (χ2v) is 12.8. The SMILES string of the molecule is CC1(C)c2ccccc2-c2cccc(-c3ccc(-c4nc(-c5cccc6ccccc56)nc(-c5cccc6ccccc56)n4)cc3)c21. The molecule has 1 aromatic heterocycles. The molecule has 1 aliphatic rings. The molecule has 7 aromatic carbocycles. The van der Waals surface area contributed by atoms with E-state index >= 15 is 0 Å². The minimum atomic E-state index is -0.0872. The second kappa shape index (κ2) is 10.6. The lowest BCUT2D eigenvalue weighted by Gasteiger charge is -2.24. The van der Waals surface area contributed by atoms with Gasteiger partial charge in [0, 0.05) is 22.1 Å². The summed E-state index contributed by atoms with van der Waals surface area (Å²) in [4.78, 5) is 15.4. The van der Waals surface area contributed by atoms with Crippen LogP contribution >= 0.6 is 0 Å². The Morgan fingerprint density at radius 1 is 0.362 bits per heavy atom. The molecule has 0 atom stereocenters. The molecular formula is C44H31N3. The summed E-state index contributed by atoms with van der Waals surface area (Å²) < 4.78 is 0. The van der Waals surface area contributed by atoms with Gasteiger partial charge in [-0.15, -0.1) is 0 Å². The zero-order valence-corrected chi connectivity index (χ0v) is 26.3. The summed E-state index contributed by atoms with van der Waals surface area (Å²) in [6.07, 6.45) is 0. The molecule has 3 heteroatoms. The van der Waals surface area contributed by atoms with Crippen LogP contribution in [0.15, 0.2) is 152 Å². The summed E-state index contributed by atoms with van der Waals surface area (Å²) in [5.74, 6) is 1.99. The third kappa shape index (κ3) is 4.39. The number of aromatic nitrogens is 3. The summed E-state index contributed by atoms with van der Waals surface area (Å²) in [6, 6.07) is 53.6. The summed E-state index contributed by atoms with van der Waals surface area (Å²) in [7, 11) is 0. The van der Waals surface area contributed by atoms with Gasteiger partial charge in [0.25, 0.3) is 0 Å². The minimum Gasteiger partial charge on any atom is -0.208 e. The molecular weight excluding hydrogens is 571 g/mol. The first kappa shape index (κ1) is 27.4. The Bertz CT molecular complexity index is 2380. The van der Waals surface area contributed by atoms with E-state index in [2.05, 4.69) is 166 Å². The summed E-state index contributed by atoms with van der Waals surface area (Å²) in [5, 5.41) is 4.55. The molecule has 1 heterocycles. The fraction of sp³-hybridized carbons (Fsp3) is 0.0682. The first-order valence-corrected chi connectivity index (χ1v) is 16.1. The zero-order chi connectivity index (χ0) is 31.5. The lowest BCUT2D eigenvalue weighted by Crippen LogP contribution is -2.16. The molecule has 9 rings (SSSR count). The van der Waals surface area contributed by atoms with Gasteiger partial charge in [0.2, 0.25) is 0 Å². The molecule has 0 saturated heterocycles. The molecule has 0 bridgehead atoms. The maximum atomic E-state index is 5.12. The fourth-order valence-corrected chi connectivity index (χ4v) is 7.47. The highest BCUT2D eigenvalue weighted by Crippen LogP contribution is 2.52. The van der Waals surface area contributed by atoms with E-state index in [4.69, 9.17) is 15.0 Å². The Kier molecular flexibility index (Phi) is 6.16. The van der Waals surface area contributed by atoms with Crippen LogP contribution in [0, 0.1) is 0 Å². The number of hydrogen-bond acceptors (Lipinski definition) is 3. The first-order chi connectivity index (χ1) is 23.1. The van der Waals surface area contributed by atoms with Crippen molar-refractivity contribution in [1.82, 2.24) is 15.0 Å². The zero-order valence-electron chi connectivity index (χ0n) is 26.3. The number of benzene rings is 7. The highest BCUT2D eigenvalue weighted by atomic mass is 15.0. The van der Waals surface area contributed by atoms with Crippen LogP contribution in [0.4, 0.5) is 0 Å². The molecule has 0 aliphatic heterocycles. The summed E-state index contributed by atoms with van der Waals surface area (Å²) in [6.45, 7) is 4.67. The van der Waals surface area contributed by atoms with Crippen molar-refractivity contribution in [3.8, 4) is 56.4 Å². The quantitative estimate of drug-likeness (QED) is 0.201. The standard InChI is InChI=1S/C44H31N3/c1-44(2)39-23-8-7-18-35(39)36-20-11-19-34(40(36)44)30-24-26-31(27-25-30)41-45-42(37-21-9-14-28-12-3-5-16-32(28)37)47-43(46-41)38-22-10-15-29-13-4-6-17-33(29)38/h3-27H,1-2H3. The van der Waals surface area contributed by atoms with E-state index < -0.39 is 0 Å². The maximum Gasteiger partial charge on any atom is 0.164 e. The monoisotopic (exact) mass is 601 g/mol. The topological polar surface area (TPSA) is 38.7 Å². The fourth-order valence-electron chi connectivity index (χ4n) is 7.47. The molecule has 0 unspecified atom stereocenters. The van der Waals surface area contributed by atoms with E-state index in [1.165, 1.54) is 33.4 Å². The molecule has 0 fully saturated rings. The van der Waals surface area contributed by atoms with Crippen LogP contribution in [0.1, 0.15) is 25.0 Å². The van der Waals surface area contributed by atoms with Gasteiger partial charge in [-0.25, -0.2) is 15.0 Å². The van der Waals surface area contributed by atoms with Gasteiger partial charge >= 0.3 is 0 Å². The Morgan fingerprint density at radius 2 is 0.809 bits per heavy atom. The van der Waals surface area contributed by atoms with Gasteiger partial charge in [0.05, 0.1) is 0 Å². The van der Waals surface area contributed by atoms with Crippen LogP contribution in [-0.2, 0) is 5.41 Å². The van der Waals surface area contributed by atoms with Crippen molar-refractivity contribution >= 4 is 21.5 Å². The van der Waals surface area contributed by atoms with Crippen LogP contribution in [0.3, 0.4) is 0 Å². The highest BCUT2D eigenvalue weighted by molar-refractivity contribution is 5.97. The van der Waals surface area contributed by atoms with Crippen LogP contribution < -0.4 is 0 Å². The Hall–Kier alpha value is -5.93. The second-order valence-electron chi connectivity index (χ2n) is 12.8. The molecule has 47 heavy (non-hydrogen) atoms. The van der Waals surface area contributed by atoms with Crippen molar-refractivity contribution < 1.29 is 0 Å². The largest absolute Gasteiger partial charge is 0.208 e. The molecule has 8 aromatic rings. The van der Waals surface area contributed by atoms with Gasteiger partial charge in [-0.3, -0.25) is 0 Å². The van der Waals surface area contributed by atoms with Crippen LogP contribution in [0.2, 0.25) is 0 Å². The first-order valence-electron chi connectivity index (χ1n) is 16.1.